The Labute approximate surface area is 557 Å². The van der Waals surface area contributed by atoms with Crippen molar-refractivity contribution in [3.05, 3.63) is 260 Å². The normalized spacial score (nSPS) is 12.1. The molecule has 13 heteroatoms. The Hall–Kier alpha value is -9.99. The highest BCUT2D eigenvalue weighted by molar-refractivity contribution is 7.28. The number of fused-ring (bicyclic) bond motifs is 26. The number of hydrogen-bond donors (Lipinski definition) is 1. The first-order valence-corrected chi connectivity index (χ1v) is 35.8. The van der Waals surface area contributed by atoms with Crippen molar-refractivity contribution in [3.8, 4) is 28.5 Å². The molecule has 0 spiro atoms. The van der Waals surface area contributed by atoms with E-state index in [0.717, 1.165) is 59.4 Å². The average Bonchev–Trinajstić information content (AvgIpc) is 1.56. The monoisotopic (exact) mass is 1310 g/mol. The highest BCUT2D eigenvalue weighted by Crippen LogP contribution is 2.48. The van der Waals surface area contributed by atoms with Crippen LogP contribution in [0.3, 0.4) is 0 Å². The van der Waals surface area contributed by atoms with Crippen LogP contribution in [0.1, 0.15) is 0 Å². The quantitative estimate of drug-likeness (QED) is 0.179. The van der Waals surface area contributed by atoms with E-state index in [1.807, 2.05) is 51.4 Å². The van der Waals surface area contributed by atoms with Crippen molar-refractivity contribution < 1.29 is 0 Å². The molecule has 1 N–H and O–H groups in total. The minimum Gasteiger partial charge on any atom is -0.354 e. The zero-order chi connectivity index (χ0) is 61.0. The lowest BCUT2D eigenvalue weighted by Crippen LogP contribution is -2.02. The summed E-state index contributed by atoms with van der Waals surface area (Å²) in [5.41, 5.74) is 10.7. The lowest BCUT2D eigenvalue weighted by molar-refractivity contribution is 1.02. The molecule has 0 aliphatic rings. The molecule has 12 aromatic carbocycles. The van der Waals surface area contributed by atoms with E-state index in [1.54, 1.807) is 22.7 Å². The van der Waals surface area contributed by atoms with Crippen LogP contribution in [0.4, 0.5) is 0 Å². The van der Waals surface area contributed by atoms with Gasteiger partial charge in [0, 0.05) is 145 Å². The number of nitrogens with zero attached hydrogens (tertiary/aromatic N) is 5. The zero-order valence-corrected chi connectivity index (χ0v) is 54.5. The van der Waals surface area contributed by atoms with Crippen LogP contribution in [0, 0.1) is 0 Å². The molecule has 22 rings (SSSR count). The van der Waals surface area contributed by atoms with Gasteiger partial charge < -0.3 is 4.98 Å². The molecule has 0 aliphatic heterocycles. The van der Waals surface area contributed by atoms with Gasteiger partial charge in [-0.05, 0) is 109 Å². The van der Waals surface area contributed by atoms with Crippen molar-refractivity contribution in [1.29, 1.82) is 0 Å². The number of thiophene rings is 6. The Morgan fingerprint density at radius 2 is 0.699 bits per heavy atom. The maximum atomic E-state index is 6.31. The number of H-pyrrole nitrogens is 1. The molecular formula is C80H43ClN6S6. The lowest BCUT2D eigenvalue weighted by Gasteiger charge is -2.10. The van der Waals surface area contributed by atoms with Crippen LogP contribution in [0.25, 0.3) is 193 Å². The van der Waals surface area contributed by atoms with E-state index in [4.69, 9.17) is 21.6 Å². The van der Waals surface area contributed by atoms with Crippen LogP contribution in [0.5, 0.6) is 0 Å². The second-order valence-corrected chi connectivity index (χ2v) is 30.1. The van der Waals surface area contributed by atoms with E-state index in [-0.39, 0.29) is 5.28 Å². The fraction of sp³-hybridized carbons (Fsp3) is 0. The summed E-state index contributed by atoms with van der Waals surface area (Å²) in [6.07, 6.45) is 0. The molecule has 22 aromatic rings. The van der Waals surface area contributed by atoms with Gasteiger partial charge >= 0.3 is 0 Å². The van der Waals surface area contributed by atoms with Gasteiger partial charge in [-0.3, -0.25) is 4.57 Å². The Bertz CT molecular complexity index is 6780. The number of para-hydroxylation sites is 2. The average molecular weight is 1320 g/mol. The largest absolute Gasteiger partial charge is 0.354 e. The summed E-state index contributed by atoms with van der Waals surface area (Å²) in [7, 11) is 0. The molecule has 10 aromatic heterocycles. The first-order chi connectivity index (χ1) is 46.0. The molecule has 0 saturated carbocycles. The van der Waals surface area contributed by atoms with Gasteiger partial charge in [0.05, 0.1) is 42.9 Å². The number of rotatable bonds is 3. The van der Waals surface area contributed by atoms with Crippen molar-refractivity contribution in [2.75, 3.05) is 0 Å². The maximum absolute atomic E-state index is 6.31. The molecule has 0 amide bonds. The SMILES string of the molecule is Clc1nc(-c2ccc3sc4ccccc4c3c2)c2sc3ccccc3c2n1.c1ccc2c(c1)[nH]c1ccc3sc4ccccc4c3c12.c1ccc2c(c1)sc1ccc(-c3nc(-n4c5ccccc5c5c6c(ccc54)sc4ccccc46)nc4c3sc3ccccc34)cc12. The van der Waals surface area contributed by atoms with Crippen LogP contribution in [-0.2, 0) is 0 Å². The molecule has 6 nitrogen and oxygen atoms in total. The third-order valence-electron chi connectivity index (χ3n) is 18.1. The van der Waals surface area contributed by atoms with Crippen molar-refractivity contribution in [1.82, 2.24) is 29.5 Å². The topological polar surface area (TPSA) is 72.3 Å². The summed E-state index contributed by atoms with van der Waals surface area (Å²) in [4.78, 5) is 23.5. The van der Waals surface area contributed by atoms with E-state index in [1.165, 1.54) is 128 Å². The smallest absolute Gasteiger partial charge is 0.235 e. The number of hydrogen-bond acceptors (Lipinski definition) is 10. The minimum atomic E-state index is 0.288. The number of nitrogens with one attached hydrogen (secondary N) is 1. The van der Waals surface area contributed by atoms with Gasteiger partial charge in [-0.15, -0.1) is 68.0 Å². The molecule has 0 bridgehead atoms. The van der Waals surface area contributed by atoms with Gasteiger partial charge in [0.25, 0.3) is 0 Å². The Balaban J connectivity index is 0.000000107. The van der Waals surface area contributed by atoms with Crippen molar-refractivity contribution in [2.45, 2.75) is 0 Å². The van der Waals surface area contributed by atoms with Gasteiger partial charge in [0.2, 0.25) is 11.2 Å². The second kappa shape index (κ2) is 21.0. The van der Waals surface area contributed by atoms with Crippen LogP contribution >= 0.6 is 79.6 Å². The first-order valence-electron chi connectivity index (χ1n) is 30.5. The van der Waals surface area contributed by atoms with E-state index in [2.05, 4.69) is 268 Å². The molecule has 10 heterocycles. The predicted molar refractivity (Wildman–Crippen MR) is 407 cm³/mol. The number of halogens is 1. The van der Waals surface area contributed by atoms with Crippen LogP contribution < -0.4 is 0 Å². The highest BCUT2D eigenvalue weighted by atomic mass is 35.5. The van der Waals surface area contributed by atoms with E-state index in [0.29, 0.717) is 5.95 Å². The summed E-state index contributed by atoms with van der Waals surface area (Å²) in [6, 6.07) is 91.2. The fourth-order valence-corrected chi connectivity index (χ4v) is 20.9. The molecule has 0 aliphatic carbocycles. The summed E-state index contributed by atoms with van der Waals surface area (Å²) < 4.78 is 17.4. The molecule has 0 radical (unpaired) electrons. The predicted octanol–water partition coefficient (Wildman–Crippen LogP) is 25.6. The highest BCUT2D eigenvalue weighted by Gasteiger charge is 2.24. The molecule has 93 heavy (non-hydrogen) atoms. The maximum Gasteiger partial charge on any atom is 0.235 e. The van der Waals surface area contributed by atoms with Crippen LogP contribution in [0.15, 0.2) is 255 Å². The third kappa shape index (κ3) is 8.40. The van der Waals surface area contributed by atoms with E-state index < -0.39 is 0 Å². The van der Waals surface area contributed by atoms with Gasteiger partial charge in [-0.1, -0.05) is 158 Å². The summed E-state index contributed by atoms with van der Waals surface area (Å²) >= 11 is 17.2. The van der Waals surface area contributed by atoms with Crippen LogP contribution in [0.2, 0.25) is 5.28 Å². The summed E-state index contributed by atoms with van der Waals surface area (Å²) in [6.45, 7) is 0. The Kier molecular flexibility index (Phi) is 12.1. The summed E-state index contributed by atoms with van der Waals surface area (Å²) in [5, 5.41) is 18.2. The number of benzene rings is 12. The Morgan fingerprint density at radius 3 is 1.29 bits per heavy atom. The molecule has 0 fully saturated rings. The standard InChI is InChI=1S/C40H21N3S3.C22H11ClN2S2.C18H11NS/c1-5-13-28-24(10-1)35-29(18-20-34-36(35)25-11-3-7-15-31(25)45-34)43(28)40-41-37(39-38(42-40)26-12-4-8-16-32(26)46-39)22-17-19-33-27(21-22)23-9-2-6-14-30(23)44-33;23-22-24-19(21-20(25-22)14-6-2-4-8-17(14)27-21)12-9-10-18-15(11-12)13-5-1-3-7-16(13)26-18;1-3-7-13-11(5-1)17-14(19-13)9-10-16-18(17)12-6-2-4-8-15(12)20-16/h1-21H;1-11H;1-10,19H. The van der Waals surface area contributed by atoms with Crippen molar-refractivity contribution >= 4 is 245 Å². The first kappa shape index (κ1) is 53.7. The lowest BCUT2D eigenvalue weighted by atomic mass is 10.1. The molecule has 0 unspecified atom stereocenters. The van der Waals surface area contributed by atoms with Crippen molar-refractivity contribution in [3.63, 3.8) is 0 Å². The Morgan fingerprint density at radius 1 is 0.280 bits per heavy atom. The van der Waals surface area contributed by atoms with Crippen molar-refractivity contribution in [2.24, 2.45) is 0 Å². The molecule has 0 atom stereocenters. The number of aromatic amines is 1. The fourth-order valence-electron chi connectivity index (χ4n) is 14.0. The zero-order valence-electron chi connectivity index (χ0n) is 48.8. The van der Waals surface area contributed by atoms with E-state index in [9.17, 15) is 0 Å². The van der Waals surface area contributed by atoms with Gasteiger partial charge in [-0.25, -0.2) is 19.9 Å². The number of aromatic nitrogens is 6. The van der Waals surface area contributed by atoms with Gasteiger partial charge in [0.15, 0.2) is 0 Å². The summed E-state index contributed by atoms with van der Waals surface area (Å²) in [5.74, 6) is 0.700. The molecular weight excluding hydrogens is 1270 g/mol. The van der Waals surface area contributed by atoms with Crippen LogP contribution in [-0.4, -0.2) is 29.5 Å². The third-order valence-corrected chi connectivity index (χ3v) is 25.2. The minimum absolute atomic E-state index is 0.288. The van der Waals surface area contributed by atoms with E-state index >= 15 is 0 Å². The van der Waals surface area contributed by atoms with Gasteiger partial charge in [-0.2, -0.15) is 0 Å². The molecule has 0 saturated heterocycles. The van der Waals surface area contributed by atoms with Gasteiger partial charge in [0.1, 0.15) is 0 Å². The molecule has 436 valence electrons. The second-order valence-electron chi connectivity index (χ2n) is 23.3.